The van der Waals surface area contributed by atoms with Gasteiger partial charge in [-0.2, -0.15) is 0 Å². The Balaban J connectivity index is 0.000000176. The number of carbonyl (C=O) groups excluding carboxylic acids is 7. The molecule has 0 aliphatic carbocycles. The second-order valence-electron chi connectivity index (χ2n) is 22.7. The van der Waals surface area contributed by atoms with E-state index in [2.05, 4.69) is 102 Å². The van der Waals surface area contributed by atoms with Gasteiger partial charge in [0.1, 0.15) is 41.0 Å². The number of rotatable bonds is 26. The lowest BCUT2D eigenvalue weighted by Gasteiger charge is -2.01. The van der Waals surface area contributed by atoms with Crippen LogP contribution in [0.25, 0.3) is 0 Å². The molecule has 7 amide bonds. The first-order chi connectivity index (χ1) is 58.3. The summed E-state index contributed by atoms with van der Waals surface area (Å²) in [6.07, 6.45) is 27.0. The van der Waals surface area contributed by atoms with E-state index in [1.165, 1.54) is 41.1 Å². The van der Waals surface area contributed by atoms with Crippen LogP contribution in [-0.4, -0.2) is 131 Å². The second-order valence-corrected chi connectivity index (χ2v) is 30.3. The summed E-state index contributed by atoms with van der Waals surface area (Å²) in [5.41, 5.74) is 5.21. The van der Waals surface area contributed by atoms with Gasteiger partial charge in [-0.3, -0.25) is 119 Å². The summed E-state index contributed by atoms with van der Waals surface area (Å²) < 4.78 is 0.552. The van der Waals surface area contributed by atoms with Gasteiger partial charge in [0.05, 0.1) is 62.9 Å². The van der Waals surface area contributed by atoms with Crippen molar-refractivity contribution < 1.29 is 58.2 Å². The number of nitrogens with one attached hydrogen (secondary N) is 7. The highest BCUT2D eigenvalue weighted by atomic mass is 35.5. The maximum atomic E-state index is 11.6. The predicted octanol–water partition coefficient (Wildman–Crippen LogP) is 13.3. The lowest BCUT2D eigenvalue weighted by Crippen LogP contribution is -2.14. The maximum Gasteiger partial charge on any atom is 0.345 e. The smallest absolute Gasteiger partial charge is 0.302 e. The molecule has 7 N–H and O–H groups in total. The Labute approximate surface area is 713 Å². The van der Waals surface area contributed by atoms with Crippen LogP contribution in [0.3, 0.4) is 0 Å². The Morgan fingerprint density at radius 1 is 0.306 bits per heavy atom. The Morgan fingerprint density at radius 2 is 0.645 bits per heavy atom. The average molecular weight is 1790 g/mol. The summed E-state index contributed by atoms with van der Waals surface area (Å²) in [5, 5.41) is 73.6. The highest BCUT2D eigenvalue weighted by molar-refractivity contribution is 7.20. The molecular formula is C71H58ClN25O17S7. The number of halogens is 1. The van der Waals surface area contributed by atoms with Gasteiger partial charge in [0.15, 0.2) is 35.9 Å². The number of nitro groups is 5. The third kappa shape index (κ3) is 34.8. The average Bonchev–Trinajstić information content (AvgIpc) is 1.81. The molecule has 618 valence electrons. The van der Waals surface area contributed by atoms with E-state index in [0.29, 0.717) is 33.1 Å². The van der Waals surface area contributed by atoms with Gasteiger partial charge >= 0.3 is 25.0 Å². The van der Waals surface area contributed by atoms with Crippen molar-refractivity contribution in [2.45, 2.75) is 44.9 Å². The minimum absolute atomic E-state index is 0.0713. The fourth-order valence-electron chi connectivity index (χ4n) is 8.61. The van der Waals surface area contributed by atoms with Crippen molar-refractivity contribution in [3.63, 3.8) is 0 Å². The molecule has 0 spiro atoms. The molecule has 121 heavy (non-hydrogen) atoms. The van der Waals surface area contributed by atoms with Crippen LogP contribution in [0.1, 0.15) is 50.4 Å². The summed E-state index contributed by atoms with van der Waals surface area (Å²) in [6.45, 7) is 0. The van der Waals surface area contributed by atoms with Crippen LogP contribution in [0.5, 0.6) is 0 Å². The molecule has 14 rings (SSSR count). The van der Waals surface area contributed by atoms with Gasteiger partial charge in [0.25, 0.3) is 5.91 Å². The van der Waals surface area contributed by atoms with Gasteiger partial charge in [0.2, 0.25) is 35.4 Å². The van der Waals surface area contributed by atoms with Crippen LogP contribution in [0.15, 0.2) is 226 Å². The van der Waals surface area contributed by atoms with E-state index >= 15 is 0 Å². The SMILES string of the molecule is O=C(CCc1cccnc1)Nc1ncc([N+](=O)[O-])s1.O=C(Cc1ccccc1)Nc1ncc([N+](=O)[O-])s1.O=C(Cc1ccccn1)Nc1ncc([N+](=O)[O-])s1.O=C(Cc1cccnc1)Nc1ncc(Cl)s1.O=C(Cc1cccnc1)Nc1ncc([N+](=O)[O-])s1.O=C(Cc1cccnc1)Nc1nccs1.O=C(Nc1ncc([N+](=O)[O-])s1)c1ccccn1. The summed E-state index contributed by atoms with van der Waals surface area (Å²) in [5.74, 6) is -1.71. The van der Waals surface area contributed by atoms with Gasteiger partial charge < -0.3 is 31.9 Å². The molecule has 0 saturated heterocycles. The summed E-state index contributed by atoms with van der Waals surface area (Å²) >= 11 is 12.4. The van der Waals surface area contributed by atoms with E-state index in [4.69, 9.17) is 11.6 Å². The summed E-state index contributed by atoms with van der Waals surface area (Å²) in [4.78, 5) is 181. The number of nitrogens with zero attached hydrogens (tertiary/aromatic N) is 18. The monoisotopic (exact) mass is 1790 g/mol. The molecule has 0 radical (unpaired) electrons. The van der Waals surface area contributed by atoms with Crippen LogP contribution in [0.4, 0.5) is 60.9 Å². The molecule has 0 atom stereocenters. The predicted molar refractivity (Wildman–Crippen MR) is 452 cm³/mol. The highest BCUT2D eigenvalue weighted by Gasteiger charge is 2.20. The van der Waals surface area contributed by atoms with Gasteiger partial charge in [0, 0.05) is 85.7 Å². The van der Waals surface area contributed by atoms with Crippen LogP contribution in [0.2, 0.25) is 4.34 Å². The van der Waals surface area contributed by atoms with E-state index < -0.39 is 30.5 Å². The van der Waals surface area contributed by atoms with E-state index in [1.807, 2.05) is 60.0 Å². The Morgan fingerprint density at radius 3 is 0.983 bits per heavy atom. The molecule has 0 saturated carbocycles. The third-order valence-electron chi connectivity index (χ3n) is 13.8. The Bertz CT molecular complexity index is 5470. The number of hydrogen-bond donors (Lipinski definition) is 7. The van der Waals surface area contributed by atoms with Gasteiger partial charge in [-0.1, -0.05) is 89.7 Å². The second kappa shape index (κ2) is 49.2. The number of aromatic nitrogens is 13. The molecular weight excluding hydrogens is 1730 g/mol. The number of thiazole rings is 7. The number of carbonyl (C=O) groups is 7. The molecule has 42 nitrogen and oxygen atoms in total. The van der Waals surface area contributed by atoms with E-state index in [0.717, 1.165) is 115 Å². The quantitative estimate of drug-likeness (QED) is 0.0195. The Hall–Kier alpha value is -14.9. The third-order valence-corrected chi connectivity index (χ3v) is 19.8. The van der Waals surface area contributed by atoms with Gasteiger partial charge in [-0.25, -0.2) is 34.9 Å². The fourth-order valence-corrected chi connectivity index (χ4v) is 13.2. The molecule has 1 aromatic carbocycles. The van der Waals surface area contributed by atoms with Crippen LogP contribution < -0.4 is 37.2 Å². The summed E-state index contributed by atoms with van der Waals surface area (Å²) in [7, 11) is 0. The molecule has 0 bridgehead atoms. The minimum atomic E-state index is -0.561. The van der Waals surface area contributed by atoms with Crippen LogP contribution in [0, 0.1) is 50.6 Å². The number of anilines is 7. The molecule has 0 aliphatic rings. The highest BCUT2D eigenvalue weighted by Crippen LogP contribution is 2.30. The zero-order valence-corrected chi connectivity index (χ0v) is 68.0. The lowest BCUT2D eigenvalue weighted by molar-refractivity contribution is -0.380. The Kier molecular flexibility index (Phi) is 37.3. The number of benzene rings is 1. The van der Waals surface area contributed by atoms with Crippen LogP contribution in [-0.2, 0) is 67.3 Å². The van der Waals surface area contributed by atoms with Gasteiger partial charge in [-0.15, -0.1) is 11.3 Å². The van der Waals surface area contributed by atoms with E-state index in [1.54, 1.807) is 117 Å². The first kappa shape index (κ1) is 91.6. The summed E-state index contributed by atoms with van der Waals surface area (Å²) in [6, 6.07) is 33.9. The number of amides is 7. The standard InChI is InChI=1S/C11H10N4O3S.C11H9N3O3S.C10H8ClN3OS.2C10H8N4O3S.C10H9N3OS.C9H6N4O3S/c16-9(4-3-8-2-1-5-12-6-8)14-11-13-7-10(19-11)15(17)18;15-9(6-8-4-2-1-3-5-8)13-11-12-7-10(18-11)14(16)17;11-8-6-13-10(16-8)14-9(15)4-7-2-1-3-12-5-7;15-8(4-7-2-1-3-11-5-7)13-10-12-6-9(18-10)14(16)17;15-8(5-7-3-1-2-4-11-7)13-10-12-6-9(18-10)14(16)17;14-9(13-10-12-4-5-15-10)6-8-2-1-3-11-7-8;14-8(6-3-1-2-4-10-6)12-9-11-5-7(17-9)13(15)16/h1-2,5-7H,3-4H2,(H,13,14,16);1-5,7H,6H2,(H,12,13,15);1-3,5-6H,4H2,(H,13,14,15);1-3,5-6H,4H2,(H,12,13,15);1-4,6H,5H2,(H,12,13,15);1-5,7H,6H2,(H,12,13,14);1-5H,(H,11,12,14). The lowest BCUT2D eigenvalue weighted by atomic mass is 10.1. The largest absolute Gasteiger partial charge is 0.345 e. The van der Waals surface area contributed by atoms with Crippen molar-refractivity contribution in [2.24, 2.45) is 0 Å². The van der Waals surface area contributed by atoms with Crippen molar-refractivity contribution in [1.29, 1.82) is 0 Å². The maximum absolute atomic E-state index is 11.6. The van der Waals surface area contributed by atoms with Crippen molar-refractivity contribution >= 4 is 193 Å². The molecule has 14 aromatic rings. The molecule has 0 fully saturated rings. The molecule has 0 aliphatic heterocycles. The first-order valence-electron chi connectivity index (χ1n) is 33.9. The van der Waals surface area contributed by atoms with E-state index in [-0.39, 0.29) is 124 Å². The molecule has 13 heterocycles. The fraction of sp³-hybridized carbons (Fsp3) is 0.0986. The number of pyridine rings is 6. The van der Waals surface area contributed by atoms with Crippen molar-refractivity contribution in [3.8, 4) is 0 Å². The zero-order valence-electron chi connectivity index (χ0n) is 61.5. The number of aryl methyl sites for hydroxylation is 1. The molecule has 50 heteroatoms. The first-order valence-corrected chi connectivity index (χ1v) is 40.0. The van der Waals surface area contributed by atoms with Gasteiger partial charge in [-0.05, 0) is 139 Å². The van der Waals surface area contributed by atoms with Crippen molar-refractivity contribution in [1.82, 2.24) is 64.8 Å². The minimum Gasteiger partial charge on any atom is -0.302 e. The van der Waals surface area contributed by atoms with E-state index in [9.17, 15) is 84.1 Å². The normalized spacial score (nSPS) is 9.99. The topological polar surface area (TPSA) is 587 Å². The zero-order chi connectivity index (χ0) is 86.7. The van der Waals surface area contributed by atoms with Crippen LogP contribution >= 0.6 is 91.0 Å². The molecule has 13 aromatic heterocycles. The number of hydrogen-bond acceptors (Lipinski definition) is 37. The molecule has 0 unspecified atom stereocenters. The van der Waals surface area contributed by atoms with Crippen molar-refractivity contribution in [2.75, 3.05) is 37.2 Å². The van der Waals surface area contributed by atoms with Crippen molar-refractivity contribution in [3.05, 3.63) is 320 Å².